The summed E-state index contributed by atoms with van der Waals surface area (Å²) >= 11 is 0. The van der Waals surface area contributed by atoms with Gasteiger partial charge >= 0.3 is 5.97 Å². The zero-order valence-corrected chi connectivity index (χ0v) is 22.7. The van der Waals surface area contributed by atoms with Crippen LogP contribution in [0.4, 0.5) is 11.4 Å². The summed E-state index contributed by atoms with van der Waals surface area (Å²) in [5.41, 5.74) is 3.30. The molecule has 1 amide bonds. The number of ether oxygens (including phenoxy) is 1. The van der Waals surface area contributed by atoms with Crippen LogP contribution in [0.25, 0.3) is 0 Å². The maximum atomic E-state index is 13.7. The van der Waals surface area contributed by atoms with Crippen molar-refractivity contribution in [2.75, 3.05) is 4.90 Å². The Balaban J connectivity index is 1.68. The first-order valence-electron chi connectivity index (χ1n) is 13.2. The molecule has 0 heterocycles. The maximum Gasteiger partial charge on any atom is 0.331 e. The van der Waals surface area contributed by atoms with E-state index in [1.807, 2.05) is 142 Å². The Bertz CT molecular complexity index is 1300. The second kappa shape index (κ2) is 12.8. The zero-order chi connectivity index (χ0) is 27.7. The second-order valence-corrected chi connectivity index (χ2v) is 10.2. The van der Waals surface area contributed by atoms with Gasteiger partial charge in [0.25, 0.3) is 0 Å². The molecule has 4 aromatic rings. The monoisotopic (exact) mass is 518 g/mol. The summed E-state index contributed by atoms with van der Waals surface area (Å²) in [6, 6.07) is 37.7. The molecule has 0 aliphatic heterocycles. The summed E-state index contributed by atoms with van der Waals surface area (Å²) in [4.78, 5) is 33.8. The summed E-state index contributed by atoms with van der Waals surface area (Å²) < 4.78 is 5.76. The number of hydrogen-bond acceptors (Lipinski definition) is 4. The van der Waals surface area contributed by atoms with Crippen LogP contribution in [0.3, 0.4) is 0 Å². The van der Waals surface area contributed by atoms with E-state index in [4.69, 9.17) is 9.73 Å². The SMILES string of the molecule is CC(C)(C)OC(=O)C(CCC(=O)N(c1ccccc1)c1ccccc1)N=C(c1ccccc1)c1ccccc1. The van der Waals surface area contributed by atoms with Crippen molar-refractivity contribution in [2.45, 2.75) is 45.3 Å². The van der Waals surface area contributed by atoms with Gasteiger partial charge in [0.2, 0.25) is 5.91 Å². The fourth-order valence-corrected chi connectivity index (χ4v) is 4.23. The molecular formula is C34H34N2O3. The lowest BCUT2D eigenvalue weighted by Gasteiger charge is -2.25. The lowest BCUT2D eigenvalue weighted by molar-refractivity contribution is -0.156. The fourth-order valence-electron chi connectivity index (χ4n) is 4.23. The van der Waals surface area contributed by atoms with E-state index in [0.717, 1.165) is 22.5 Å². The van der Waals surface area contributed by atoms with Crippen LogP contribution in [0.15, 0.2) is 126 Å². The highest BCUT2D eigenvalue weighted by Gasteiger charge is 2.28. The average molecular weight is 519 g/mol. The van der Waals surface area contributed by atoms with Crippen molar-refractivity contribution in [3.05, 3.63) is 132 Å². The van der Waals surface area contributed by atoms with Gasteiger partial charge in [-0.2, -0.15) is 0 Å². The number of carbonyl (C=O) groups excluding carboxylic acids is 2. The predicted octanol–water partition coefficient (Wildman–Crippen LogP) is 7.38. The van der Waals surface area contributed by atoms with E-state index in [0.29, 0.717) is 5.71 Å². The number of nitrogens with zero attached hydrogens (tertiary/aromatic N) is 2. The molecule has 5 nitrogen and oxygen atoms in total. The van der Waals surface area contributed by atoms with Gasteiger partial charge in [-0.1, -0.05) is 97.1 Å². The zero-order valence-electron chi connectivity index (χ0n) is 22.7. The fraction of sp³-hybridized carbons (Fsp3) is 0.206. The van der Waals surface area contributed by atoms with Gasteiger partial charge in [-0.05, 0) is 51.5 Å². The average Bonchev–Trinajstić information content (AvgIpc) is 2.94. The Hall–Kier alpha value is -4.51. The summed E-state index contributed by atoms with van der Waals surface area (Å²) in [6.07, 6.45) is 0.307. The molecule has 4 rings (SSSR count). The molecule has 39 heavy (non-hydrogen) atoms. The molecule has 0 saturated heterocycles. The highest BCUT2D eigenvalue weighted by Crippen LogP contribution is 2.27. The van der Waals surface area contributed by atoms with Crippen molar-refractivity contribution < 1.29 is 14.3 Å². The smallest absolute Gasteiger partial charge is 0.331 e. The molecular weight excluding hydrogens is 484 g/mol. The lowest BCUT2D eigenvalue weighted by Crippen LogP contribution is -2.33. The lowest BCUT2D eigenvalue weighted by atomic mass is 10.0. The van der Waals surface area contributed by atoms with Crippen molar-refractivity contribution in [3.8, 4) is 0 Å². The first-order chi connectivity index (χ1) is 18.8. The number of para-hydroxylation sites is 2. The normalized spacial score (nSPS) is 11.8. The molecule has 0 bridgehead atoms. The highest BCUT2D eigenvalue weighted by atomic mass is 16.6. The minimum absolute atomic E-state index is 0.105. The van der Waals surface area contributed by atoms with Crippen LogP contribution >= 0.6 is 0 Å². The number of aliphatic imine (C=N–C) groups is 1. The quantitative estimate of drug-likeness (QED) is 0.172. The first kappa shape index (κ1) is 27.5. The third-order valence-corrected chi connectivity index (χ3v) is 5.97. The van der Waals surface area contributed by atoms with Gasteiger partial charge in [-0.25, -0.2) is 4.79 Å². The molecule has 0 aliphatic carbocycles. The Morgan fingerprint density at radius 1 is 0.692 bits per heavy atom. The van der Waals surface area contributed by atoms with Crippen LogP contribution in [0.5, 0.6) is 0 Å². The van der Waals surface area contributed by atoms with E-state index in [1.165, 1.54) is 0 Å². The van der Waals surface area contributed by atoms with Gasteiger partial charge in [-0.3, -0.25) is 14.7 Å². The Kier molecular flexibility index (Phi) is 9.06. The predicted molar refractivity (Wildman–Crippen MR) is 157 cm³/mol. The molecule has 0 fully saturated rings. The van der Waals surface area contributed by atoms with E-state index < -0.39 is 17.6 Å². The summed E-state index contributed by atoms with van der Waals surface area (Å²) in [5.74, 6) is -0.581. The van der Waals surface area contributed by atoms with Crippen molar-refractivity contribution >= 4 is 29.0 Å². The van der Waals surface area contributed by atoms with E-state index in [1.54, 1.807) is 4.90 Å². The first-order valence-corrected chi connectivity index (χ1v) is 13.2. The number of rotatable bonds is 9. The third-order valence-electron chi connectivity index (χ3n) is 5.97. The van der Waals surface area contributed by atoms with Gasteiger partial charge in [0, 0.05) is 28.9 Å². The standard InChI is InChI=1S/C34H34N2O3/c1-34(2,3)39-33(38)30(35-32(26-16-8-4-9-17-26)27-18-10-5-11-19-27)24-25-31(37)36(28-20-12-6-13-21-28)29-22-14-7-15-23-29/h4-23,30H,24-25H2,1-3H3. The number of carbonyl (C=O) groups is 2. The van der Waals surface area contributed by atoms with Gasteiger partial charge < -0.3 is 4.74 Å². The van der Waals surface area contributed by atoms with Gasteiger partial charge in [0.1, 0.15) is 11.6 Å². The Labute approximate surface area is 230 Å². The van der Waals surface area contributed by atoms with Gasteiger partial charge in [0.15, 0.2) is 0 Å². The van der Waals surface area contributed by atoms with Crippen molar-refractivity contribution in [1.29, 1.82) is 0 Å². The van der Waals surface area contributed by atoms with Crippen LogP contribution in [-0.4, -0.2) is 29.2 Å². The van der Waals surface area contributed by atoms with Crippen LogP contribution in [-0.2, 0) is 14.3 Å². The van der Waals surface area contributed by atoms with Crippen molar-refractivity contribution in [1.82, 2.24) is 0 Å². The van der Waals surface area contributed by atoms with Crippen molar-refractivity contribution in [2.24, 2.45) is 4.99 Å². The van der Waals surface area contributed by atoms with E-state index in [2.05, 4.69) is 0 Å². The number of amides is 1. The maximum absolute atomic E-state index is 13.7. The van der Waals surface area contributed by atoms with Gasteiger partial charge in [-0.15, -0.1) is 0 Å². The Morgan fingerprint density at radius 3 is 1.51 bits per heavy atom. The summed E-state index contributed by atoms with van der Waals surface area (Å²) in [5, 5.41) is 0. The number of anilines is 2. The Morgan fingerprint density at radius 2 is 1.10 bits per heavy atom. The molecule has 4 aromatic carbocycles. The van der Waals surface area contributed by atoms with E-state index in [9.17, 15) is 9.59 Å². The molecule has 1 atom stereocenters. The summed E-state index contributed by atoms with van der Waals surface area (Å²) in [7, 11) is 0. The molecule has 0 radical (unpaired) electrons. The number of benzene rings is 4. The minimum Gasteiger partial charge on any atom is -0.458 e. The topological polar surface area (TPSA) is 59.0 Å². The molecule has 0 aromatic heterocycles. The van der Waals surface area contributed by atoms with E-state index >= 15 is 0 Å². The van der Waals surface area contributed by atoms with Gasteiger partial charge in [0.05, 0.1) is 5.71 Å². The molecule has 0 spiro atoms. The molecule has 5 heteroatoms. The van der Waals surface area contributed by atoms with E-state index in [-0.39, 0.29) is 18.7 Å². The molecule has 0 aliphatic rings. The highest BCUT2D eigenvalue weighted by molar-refractivity contribution is 6.13. The van der Waals surface area contributed by atoms with Crippen LogP contribution in [0.1, 0.15) is 44.7 Å². The van der Waals surface area contributed by atoms with Crippen LogP contribution in [0.2, 0.25) is 0 Å². The summed E-state index contributed by atoms with van der Waals surface area (Å²) in [6.45, 7) is 5.50. The second-order valence-electron chi connectivity index (χ2n) is 10.2. The minimum atomic E-state index is -0.864. The third kappa shape index (κ3) is 7.74. The number of hydrogen-bond donors (Lipinski definition) is 0. The van der Waals surface area contributed by atoms with Crippen molar-refractivity contribution in [3.63, 3.8) is 0 Å². The molecule has 0 saturated carbocycles. The number of esters is 1. The van der Waals surface area contributed by atoms with Crippen LogP contribution < -0.4 is 4.90 Å². The largest absolute Gasteiger partial charge is 0.458 e. The molecule has 1 unspecified atom stereocenters. The molecule has 0 N–H and O–H groups in total. The van der Waals surface area contributed by atoms with Crippen LogP contribution in [0, 0.1) is 0 Å². The molecule has 198 valence electrons.